The van der Waals surface area contributed by atoms with E-state index in [1.807, 2.05) is 55.4 Å². The summed E-state index contributed by atoms with van der Waals surface area (Å²) < 4.78 is 57.8. The van der Waals surface area contributed by atoms with Gasteiger partial charge in [0.1, 0.15) is 0 Å². The number of benzene rings is 2. The molecule has 0 unspecified atom stereocenters. The molecule has 2 aromatic rings. The summed E-state index contributed by atoms with van der Waals surface area (Å²) in [5.41, 5.74) is 2.00. The second-order valence-corrected chi connectivity index (χ2v) is 16.5. The van der Waals surface area contributed by atoms with Crippen LogP contribution in [-0.4, -0.2) is 39.4 Å². The van der Waals surface area contributed by atoms with Gasteiger partial charge in [-0.2, -0.15) is 0 Å². The standard InChI is InChI=1S/C26H40N2O4S4/c1-17(2)25(27-35(29,30)23-13-9-19(5)10-14-23)21(7)33-34-22(8)26(18(3)4)28-36(31,32)24-15-11-20(6)12-16-24/h9-18,21-22,25-28H,1-8H3/t21-,22-,25+,26+/m0/s1. The number of aryl methyl sites for hydroxylation is 2. The molecule has 0 aliphatic heterocycles. The molecule has 0 aliphatic carbocycles. The average molecular weight is 573 g/mol. The first-order chi connectivity index (χ1) is 16.6. The first-order valence-corrected chi connectivity index (χ1v) is 17.4. The number of sulfonamides is 2. The predicted octanol–water partition coefficient (Wildman–Crippen LogP) is 5.77. The lowest BCUT2D eigenvalue weighted by Crippen LogP contribution is -2.45. The Balaban J connectivity index is 2.09. The minimum Gasteiger partial charge on any atom is -0.207 e. The van der Waals surface area contributed by atoms with Crippen molar-refractivity contribution in [3.63, 3.8) is 0 Å². The summed E-state index contributed by atoms with van der Waals surface area (Å²) in [4.78, 5) is 0.504. The van der Waals surface area contributed by atoms with Crippen LogP contribution in [0, 0.1) is 25.7 Å². The molecule has 0 heterocycles. The summed E-state index contributed by atoms with van der Waals surface area (Å²) in [6.07, 6.45) is 0. The highest BCUT2D eigenvalue weighted by atomic mass is 33.1. The Labute approximate surface area is 226 Å². The zero-order chi connectivity index (χ0) is 27.3. The molecule has 4 atom stereocenters. The Hall–Kier alpha value is -1.04. The van der Waals surface area contributed by atoms with Crippen LogP contribution in [0.3, 0.4) is 0 Å². The van der Waals surface area contributed by atoms with Crippen molar-refractivity contribution in [2.75, 3.05) is 0 Å². The van der Waals surface area contributed by atoms with Crippen LogP contribution in [0.25, 0.3) is 0 Å². The predicted molar refractivity (Wildman–Crippen MR) is 154 cm³/mol. The van der Waals surface area contributed by atoms with Crippen LogP contribution < -0.4 is 9.44 Å². The van der Waals surface area contributed by atoms with Crippen molar-refractivity contribution in [2.24, 2.45) is 11.8 Å². The second-order valence-electron chi connectivity index (χ2n) is 10.0. The van der Waals surface area contributed by atoms with E-state index in [1.165, 1.54) is 0 Å². The Bertz CT molecular complexity index is 1080. The van der Waals surface area contributed by atoms with Gasteiger partial charge < -0.3 is 0 Å². The number of hydrogen-bond donors (Lipinski definition) is 2. The minimum atomic E-state index is -3.66. The lowest BCUT2D eigenvalue weighted by Gasteiger charge is -2.31. The monoisotopic (exact) mass is 572 g/mol. The van der Waals surface area contributed by atoms with Gasteiger partial charge in [0.25, 0.3) is 0 Å². The maximum atomic E-state index is 13.0. The van der Waals surface area contributed by atoms with E-state index in [4.69, 9.17) is 0 Å². The summed E-state index contributed by atoms with van der Waals surface area (Å²) in [7, 11) is -4.15. The normalized spacial score (nSPS) is 16.2. The highest BCUT2D eigenvalue weighted by Crippen LogP contribution is 2.37. The van der Waals surface area contributed by atoms with E-state index < -0.39 is 20.0 Å². The van der Waals surface area contributed by atoms with Gasteiger partial charge in [0, 0.05) is 22.6 Å². The number of rotatable bonds is 13. The van der Waals surface area contributed by atoms with Gasteiger partial charge in [-0.1, -0.05) is 98.5 Å². The van der Waals surface area contributed by atoms with Crippen LogP contribution in [0.2, 0.25) is 0 Å². The van der Waals surface area contributed by atoms with Crippen LogP contribution in [-0.2, 0) is 20.0 Å². The highest BCUT2D eigenvalue weighted by Gasteiger charge is 2.31. The molecule has 0 spiro atoms. The molecule has 0 radical (unpaired) electrons. The summed E-state index contributed by atoms with van der Waals surface area (Å²) in [6, 6.07) is 13.1. The summed E-state index contributed by atoms with van der Waals surface area (Å²) in [5, 5.41) is -0.0848. The molecule has 6 nitrogen and oxygen atoms in total. The Morgan fingerprint density at radius 1 is 0.556 bits per heavy atom. The lowest BCUT2D eigenvalue weighted by atomic mass is 10.0. The second kappa shape index (κ2) is 13.2. The largest absolute Gasteiger partial charge is 0.240 e. The quantitative estimate of drug-likeness (QED) is 0.296. The molecule has 0 fully saturated rings. The molecule has 202 valence electrons. The third-order valence-corrected chi connectivity index (χ3v) is 12.5. The summed E-state index contributed by atoms with van der Waals surface area (Å²) in [5.74, 6) is 0.147. The molecule has 10 heteroatoms. The third kappa shape index (κ3) is 8.77. The van der Waals surface area contributed by atoms with Gasteiger partial charge in [0.05, 0.1) is 9.79 Å². The number of nitrogens with one attached hydrogen (secondary N) is 2. The lowest BCUT2D eigenvalue weighted by molar-refractivity contribution is 0.444. The van der Waals surface area contributed by atoms with Crippen LogP contribution in [0.4, 0.5) is 0 Å². The molecule has 0 aliphatic rings. The van der Waals surface area contributed by atoms with Crippen molar-refractivity contribution in [2.45, 2.75) is 87.8 Å². The van der Waals surface area contributed by atoms with Crippen LogP contribution >= 0.6 is 21.6 Å². The zero-order valence-electron chi connectivity index (χ0n) is 22.3. The van der Waals surface area contributed by atoms with Crippen molar-refractivity contribution >= 4 is 41.6 Å². The van der Waals surface area contributed by atoms with Crippen molar-refractivity contribution in [3.05, 3.63) is 59.7 Å². The zero-order valence-corrected chi connectivity index (χ0v) is 25.6. The summed E-state index contributed by atoms with van der Waals surface area (Å²) in [6.45, 7) is 15.9. The summed E-state index contributed by atoms with van der Waals surface area (Å²) >= 11 is 0. The molecular formula is C26H40N2O4S4. The fraction of sp³-hybridized carbons (Fsp3) is 0.538. The van der Waals surface area contributed by atoms with E-state index in [0.717, 1.165) is 11.1 Å². The van der Waals surface area contributed by atoms with E-state index in [1.54, 1.807) is 70.1 Å². The van der Waals surface area contributed by atoms with E-state index in [-0.39, 0.29) is 44.2 Å². The maximum Gasteiger partial charge on any atom is 0.240 e. The van der Waals surface area contributed by atoms with Gasteiger partial charge in [-0.15, -0.1) is 0 Å². The Morgan fingerprint density at radius 2 is 0.833 bits per heavy atom. The van der Waals surface area contributed by atoms with E-state index in [0.29, 0.717) is 0 Å². The molecule has 0 bridgehead atoms. The van der Waals surface area contributed by atoms with Crippen LogP contribution in [0.1, 0.15) is 52.7 Å². The van der Waals surface area contributed by atoms with E-state index >= 15 is 0 Å². The molecule has 2 rings (SSSR count). The van der Waals surface area contributed by atoms with Crippen molar-refractivity contribution in [3.8, 4) is 0 Å². The van der Waals surface area contributed by atoms with E-state index in [9.17, 15) is 16.8 Å². The molecule has 36 heavy (non-hydrogen) atoms. The van der Waals surface area contributed by atoms with Crippen molar-refractivity contribution < 1.29 is 16.8 Å². The van der Waals surface area contributed by atoms with Gasteiger partial charge in [0.2, 0.25) is 20.0 Å². The maximum absolute atomic E-state index is 13.0. The number of hydrogen-bond acceptors (Lipinski definition) is 6. The topological polar surface area (TPSA) is 92.3 Å². The van der Waals surface area contributed by atoms with E-state index in [2.05, 4.69) is 9.44 Å². The highest BCUT2D eigenvalue weighted by molar-refractivity contribution is 8.77. The Kier molecular flexibility index (Phi) is 11.4. The molecule has 2 aromatic carbocycles. The molecule has 2 N–H and O–H groups in total. The molecular weight excluding hydrogens is 533 g/mol. The van der Waals surface area contributed by atoms with Gasteiger partial charge in [0.15, 0.2) is 0 Å². The first kappa shape index (κ1) is 31.2. The fourth-order valence-electron chi connectivity index (χ4n) is 3.77. The average Bonchev–Trinajstić information content (AvgIpc) is 2.79. The van der Waals surface area contributed by atoms with Gasteiger partial charge in [-0.3, -0.25) is 0 Å². The molecule has 0 amide bonds. The van der Waals surface area contributed by atoms with Crippen LogP contribution in [0.15, 0.2) is 58.3 Å². The van der Waals surface area contributed by atoms with Gasteiger partial charge >= 0.3 is 0 Å². The van der Waals surface area contributed by atoms with Gasteiger partial charge in [-0.05, 0) is 49.9 Å². The fourth-order valence-corrected chi connectivity index (χ4v) is 10.00. The third-order valence-electron chi connectivity index (χ3n) is 6.05. The first-order valence-electron chi connectivity index (χ1n) is 12.1. The Morgan fingerprint density at radius 3 is 1.08 bits per heavy atom. The van der Waals surface area contributed by atoms with Gasteiger partial charge in [-0.25, -0.2) is 26.3 Å². The van der Waals surface area contributed by atoms with Crippen molar-refractivity contribution in [1.29, 1.82) is 0 Å². The molecule has 0 aromatic heterocycles. The molecule has 0 saturated carbocycles. The van der Waals surface area contributed by atoms with Crippen LogP contribution in [0.5, 0.6) is 0 Å². The minimum absolute atomic E-state index is 0.0424. The SMILES string of the molecule is Cc1ccc(S(=O)(=O)N[C@H](C(C)C)[C@H](C)SS[C@@H](C)[C@H](NS(=O)(=O)c2ccc(C)cc2)C(C)C)cc1. The van der Waals surface area contributed by atoms with Crippen molar-refractivity contribution in [1.82, 2.24) is 9.44 Å². The smallest absolute Gasteiger partial charge is 0.207 e. The molecule has 0 saturated heterocycles.